The van der Waals surface area contributed by atoms with Crippen LogP contribution < -0.4 is 0 Å². The van der Waals surface area contributed by atoms with Gasteiger partial charge in [-0.25, -0.2) is 4.98 Å². The van der Waals surface area contributed by atoms with Crippen LogP contribution in [-0.4, -0.2) is 20.8 Å². The summed E-state index contributed by atoms with van der Waals surface area (Å²) in [5.41, 5.74) is 0. The highest BCUT2D eigenvalue weighted by Crippen LogP contribution is 2.28. The summed E-state index contributed by atoms with van der Waals surface area (Å²) in [4.78, 5) is 14.7. The molecule has 1 unspecified atom stereocenters. The molecule has 1 fully saturated rings. The van der Waals surface area contributed by atoms with E-state index < -0.39 is 0 Å². The average molecular weight is 208 g/mol. The minimum Gasteiger partial charge on any atom is -0.251 e. The quantitative estimate of drug-likeness (QED) is 0.711. The Hall–Kier alpha value is -1.26. The van der Waals surface area contributed by atoms with Crippen molar-refractivity contribution in [2.75, 3.05) is 0 Å². The molecule has 1 saturated carbocycles. The normalized spacial score (nSPS) is 20.0. The highest BCUT2D eigenvalue weighted by atomic mass is 16.3. The Labute approximate surface area is 88.9 Å². The SMILES string of the molecule is O=NC(Cn1cncn1)C1CCCCC1. The molecule has 0 bridgehead atoms. The number of hydrogen-bond donors (Lipinski definition) is 0. The first kappa shape index (κ1) is 10.3. The molecule has 5 heteroatoms. The fourth-order valence-electron chi connectivity index (χ4n) is 2.31. The molecule has 0 radical (unpaired) electrons. The van der Waals surface area contributed by atoms with Crippen molar-refractivity contribution in [3.8, 4) is 0 Å². The van der Waals surface area contributed by atoms with E-state index >= 15 is 0 Å². The van der Waals surface area contributed by atoms with Crippen molar-refractivity contribution in [2.24, 2.45) is 11.1 Å². The second-order valence-corrected chi connectivity index (χ2v) is 4.19. The smallest absolute Gasteiger partial charge is 0.137 e. The third-order valence-electron chi connectivity index (χ3n) is 3.17. The van der Waals surface area contributed by atoms with E-state index in [1.54, 1.807) is 11.0 Å². The van der Waals surface area contributed by atoms with Gasteiger partial charge in [0.15, 0.2) is 0 Å². The van der Waals surface area contributed by atoms with E-state index in [-0.39, 0.29) is 6.04 Å². The van der Waals surface area contributed by atoms with Crippen LogP contribution in [0.25, 0.3) is 0 Å². The first-order valence-electron chi connectivity index (χ1n) is 5.55. The molecule has 0 aromatic carbocycles. The van der Waals surface area contributed by atoms with E-state index in [4.69, 9.17) is 0 Å². The summed E-state index contributed by atoms with van der Waals surface area (Å²) in [5.74, 6) is 0.445. The monoisotopic (exact) mass is 208 g/mol. The van der Waals surface area contributed by atoms with Gasteiger partial charge in [-0.15, -0.1) is 0 Å². The Bertz CT molecular complexity index is 292. The van der Waals surface area contributed by atoms with Gasteiger partial charge in [-0.3, -0.25) is 4.68 Å². The van der Waals surface area contributed by atoms with Crippen LogP contribution in [0.1, 0.15) is 32.1 Å². The molecular weight excluding hydrogens is 192 g/mol. The number of hydrogen-bond acceptors (Lipinski definition) is 4. The van der Waals surface area contributed by atoms with E-state index in [0.717, 1.165) is 12.8 Å². The van der Waals surface area contributed by atoms with Crippen LogP contribution in [0.3, 0.4) is 0 Å². The van der Waals surface area contributed by atoms with Crippen LogP contribution in [0, 0.1) is 10.8 Å². The fraction of sp³-hybridized carbons (Fsp3) is 0.800. The molecule has 0 aliphatic heterocycles. The van der Waals surface area contributed by atoms with Crippen molar-refractivity contribution < 1.29 is 0 Å². The molecule has 1 aliphatic carbocycles. The van der Waals surface area contributed by atoms with Gasteiger partial charge in [-0.1, -0.05) is 24.4 Å². The molecule has 0 saturated heterocycles. The number of nitroso groups, excluding NO2 is 1. The van der Waals surface area contributed by atoms with Gasteiger partial charge < -0.3 is 0 Å². The molecular formula is C10H16N4O. The Balaban J connectivity index is 1.94. The van der Waals surface area contributed by atoms with Crippen molar-refractivity contribution in [3.05, 3.63) is 17.6 Å². The van der Waals surface area contributed by atoms with E-state index in [1.807, 2.05) is 0 Å². The van der Waals surface area contributed by atoms with Crippen molar-refractivity contribution in [2.45, 2.75) is 44.7 Å². The minimum atomic E-state index is -0.132. The topological polar surface area (TPSA) is 60.1 Å². The van der Waals surface area contributed by atoms with Gasteiger partial charge in [0, 0.05) is 0 Å². The van der Waals surface area contributed by atoms with E-state index in [1.165, 1.54) is 25.6 Å². The molecule has 1 aromatic heterocycles. The molecule has 0 amide bonds. The first-order chi connectivity index (χ1) is 7.40. The molecule has 15 heavy (non-hydrogen) atoms. The molecule has 5 nitrogen and oxygen atoms in total. The maximum absolute atomic E-state index is 10.8. The van der Waals surface area contributed by atoms with Crippen LogP contribution in [0.5, 0.6) is 0 Å². The molecule has 82 valence electrons. The molecule has 0 N–H and O–H groups in total. The van der Waals surface area contributed by atoms with Crippen LogP contribution in [0.4, 0.5) is 0 Å². The summed E-state index contributed by atoms with van der Waals surface area (Å²) < 4.78 is 1.70. The lowest BCUT2D eigenvalue weighted by Gasteiger charge is -2.25. The zero-order valence-electron chi connectivity index (χ0n) is 8.75. The molecule has 1 aromatic rings. The Morgan fingerprint density at radius 3 is 2.80 bits per heavy atom. The maximum Gasteiger partial charge on any atom is 0.137 e. The summed E-state index contributed by atoms with van der Waals surface area (Å²) in [5, 5.41) is 7.25. The molecule has 1 aliphatic rings. The summed E-state index contributed by atoms with van der Waals surface area (Å²) in [6.45, 7) is 0.578. The largest absolute Gasteiger partial charge is 0.251 e. The summed E-state index contributed by atoms with van der Waals surface area (Å²) in [6.07, 6.45) is 9.15. The second kappa shape index (κ2) is 5.00. The van der Waals surface area contributed by atoms with Gasteiger partial charge in [-0.2, -0.15) is 10.0 Å². The highest BCUT2D eigenvalue weighted by molar-refractivity contribution is 4.79. The standard InChI is InChI=1S/C10H16N4O/c15-13-10(6-14-8-11-7-12-14)9-4-2-1-3-5-9/h7-10H,1-6H2. The Morgan fingerprint density at radius 2 is 2.20 bits per heavy atom. The molecule has 0 spiro atoms. The fourth-order valence-corrected chi connectivity index (χ4v) is 2.31. The van der Waals surface area contributed by atoms with E-state index in [9.17, 15) is 4.91 Å². The third kappa shape index (κ3) is 2.61. The maximum atomic E-state index is 10.8. The number of rotatable bonds is 4. The predicted molar refractivity (Wildman–Crippen MR) is 56.2 cm³/mol. The summed E-state index contributed by atoms with van der Waals surface area (Å²) in [7, 11) is 0. The highest BCUT2D eigenvalue weighted by Gasteiger charge is 2.24. The van der Waals surface area contributed by atoms with Crippen molar-refractivity contribution in [3.63, 3.8) is 0 Å². The molecule has 2 rings (SSSR count). The van der Waals surface area contributed by atoms with Crippen molar-refractivity contribution in [1.82, 2.24) is 14.8 Å². The third-order valence-corrected chi connectivity index (χ3v) is 3.17. The number of nitrogens with zero attached hydrogens (tertiary/aromatic N) is 4. The molecule has 1 heterocycles. The van der Waals surface area contributed by atoms with E-state index in [2.05, 4.69) is 15.3 Å². The summed E-state index contributed by atoms with van der Waals surface area (Å²) in [6, 6.07) is -0.132. The lowest BCUT2D eigenvalue weighted by atomic mass is 9.84. The van der Waals surface area contributed by atoms with Crippen LogP contribution in [0.15, 0.2) is 17.8 Å². The lowest BCUT2D eigenvalue weighted by molar-refractivity contribution is 0.279. The van der Waals surface area contributed by atoms with Crippen molar-refractivity contribution >= 4 is 0 Å². The van der Waals surface area contributed by atoms with Gasteiger partial charge in [0.05, 0.1) is 6.54 Å². The zero-order chi connectivity index (χ0) is 10.5. The van der Waals surface area contributed by atoms with Gasteiger partial charge in [-0.05, 0) is 18.8 Å². The zero-order valence-corrected chi connectivity index (χ0v) is 8.75. The number of aromatic nitrogens is 3. The van der Waals surface area contributed by atoms with Gasteiger partial charge in [0.1, 0.15) is 18.7 Å². The average Bonchev–Trinajstić information content (AvgIpc) is 2.80. The van der Waals surface area contributed by atoms with E-state index in [0.29, 0.717) is 12.5 Å². The lowest BCUT2D eigenvalue weighted by Crippen LogP contribution is -2.26. The van der Waals surface area contributed by atoms with Crippen LogP contribution in [0.2, 0.25) is 0 Å². The first-order valence-corrected chi connectivity index (χ1v) is 5.55. The van der Waals surface area contributed by atoms with Gasteiger partial charge >= 0.3 is 0 Å². The van der Waals surface area contributed by atoms with Gasteiger partial charge in [0.25, 0.3) is 0 Å². The minimum absolute atomic E-state index is 0.132. The van der Waals surface area contributed by atoms with Crippen LogP contribution in [-0.2, 0) is 6.54 Å². The molecule has 1 atom stereocenters. The Kier molecular flexibility index (Phi) is 3.42. The van der Waals surface area contributed by atoms with Crippen LogP contribution >= 0.6 is 0 Å². The predicted octanol–water partition coefficient (Wildman–Crippen LogP) is 1.99. The van der Waals surface area contributed by atoms with Gasteiger partial charge in [0.2, 0.25) is 0 Å². The van der Waals surface area contributed by atoms with Crippen molar-refractivity contribution in [1.29, 1.82) is 0 Å². The second-order valence-electron chi connectivity index (χ2n) is 4.19. The summed E-state index contributed by atoms with van der Waals surface area (Å²) >= 11 is 0. The Morgan fingerprint density at radius 1 is 1.40 bits per heavy atom.